The summed E-state index contributed by atoms with van der Waals surface area (Å²) in [6.45, 7) is 8.68. The summed E-state index contributed by atoms with van der Waals surface area (Å²) in [7, 11) is 3.49. The minimum Gasteiger partial charge on any atom is -0.496 e. The third-order valence-electron chi connectivity index (χ3n) is 4.15. The average Bonchev–Trinajstić information content (AvgIpc) is 2.63. The van der Waals surface area contributed by atoms with E-state index < -0.39 is 0 Å². The third kappa shape index (κ3) is 7.79. The fourth-order valence-corrected chi connectivity index (χ4v) is 2.81. The van der Waals surface area contributed by atoms with E-state index in [1.807, 2.05) is 18.2 Å². The van der Waals surface area contributed by atoms with E-state index in [1.165, 1.54) is 0 Å². The molecule has 1 heterocycles. The number of para-hydroxylation sites is 1. The monoisotopic (exact) mass is 462 g/mol. The molecule has 0 aromatic heterocycles. The smallest absolute Gasteiger partial charge is 0.191 e. The number of hydrogen-bond acceptors (Lipinski definition) is 4. The molecule has 1 aliphatic heterocycles. The summed E-state index contributed by atoms with van der Waals surface area (Å²) in [5.74, 6) is 2.25. The maximum absolute atomic E-state index is 5.39. The molecule has 1 aliphatic rings. The molecular weight excluding hydrogens is 431 g/mol. The highest BCUT2D eigenvalue weighted by atomic mass is 127. The Hall–Kier alpha value is -1.06. The van der Waals surface area contributed by atoms with Crippen LogP contribution in [0.4, 0.5) is 0 Å². The van der Waals surface area contributed by atoms with Crippen molar-refractivity contribution < 1.29 is 9.47 Å². The van der Waals surface area contributed by atoms with Gasteiger partial charge in [0.15, 0.2) is 5.96 Å². The van der Waals surface area contributed by atoms with Crippen molar-refractivity contribution >= 4 is 29.9 Å². The molecule has 0 saturated carbocycles. The Kier molecular flexibility index (Phi) is 10.8. The number of nitrogens with zero attached hydrogens (tertiary/aromatic N) is 2. The van der Waals surface area contributed by atoms with Crippen molar-refractivity contribution in [2.24, 2.45) is 10.9 Å². The summed E-state index contributed by atoms with van der Waals surface area (Å²) in [4.78, 5) is 6.76. The first-order valence-electron chi connectivity index (χ1n) is 8.59. The molecule has 142 valence electrons. The van der Waals surface area contributed by atoms with E-state index in [1.54, 1.807) is 14.2 Å². The van der Waals surface area contributed by atoms with E-state index in [-0.39, 0.29) is 24.0 Å². The number of nitrogens with one attached hydrogen (secondary N) is 2. The molecule has 6 nitrogen and oxygen atoms in total. The van der Waals surface area contributed by atoms with Gasteiger partial charge in [0, 0.05) is 45.3 Å². The molecule has 1 aromatic carbocycles. The average molecular weight is 462 g/mol. The molecule has 2 N–H and O–H groups in total. The summed E-state index contributed by atoms with van der Waals surface area (Å²) in [6.07, 6.45) is 0. The topological polar surface area (TPSA) is 58.1 Å². The van der Waals surface area contributed by atoms with Gasteiger partial charge in [0.25, 0.3) is 0 Å². The summed E-state index contributed by atoms with van der Waals surface area (Å²) in [5.41, 5.74) is 1.12. The molecule has 0 radical (unpaired) electrons. The lowest BCUT2D eigenvalue weighted by Gasteiger charge is -2.29. The molecule has 1 atom stereocenters. The molecule has 25 heavy (non-hydrogen) atoms. The second-order valence-corrected chi connectivity index (χ2v) is 6.14. The second kappa shape index (κ2) is 12.3. The highest BCUT2D eigenvalue weighted by Crippen LogP contribution is 2.16. The molecular formula is C18H31IN4O2. The number of ether oxygens (including phenoxy) is 2. The molecule has 0 bridgehead atoms. The van der Waals surface area contributed by atoms with Gasteiger partial charge in [-0.25, -0.2) is 0 Å². The number of morpholine rings is 1. The Balaban J connectivity index is 0.00000312. The van der Waals surface area contributed by atoms with Crippen LogP contribution in [-0.2, 0) is 11.3 Å². The summed E-state index contributed by atoms with van der Waals surface area (Å²) >= 11 is 0. The number of rotatable bonds is 7. The zero-order valence-corrected chi connectivity index (χ0v) is 17.8. The zero-order valence-electron chi connectivity index (χ0n) is 15.5. The number of aliphatic imine (C=N–C) groups is 1. The molecule has 1 aromatic rings. The van der Waals surface area contributed by atoms with Gasteiger partial charge in [-0.3, -0.25) is 9.89 Å². The highest BCUT2D eigenvalue weighted by Gasteiger charge is 2.14. The van der Waals surface area contributed by atoms with Crippen molar-refractivity contribution in [3.8, 4) is 5.75 Å². The summed E-state index contributed by atoms with van der Waals surface area (Å²) in [6, 6.07) is 8.01. The van der Waals surface area contributed by atoms with Gasteiger partial charge in [-0.2, -0.15) is 0 Å². The molecule has 0 amide bonds. The first kappa shape index (κ1) is 22.0. The van der Waals surface area contributed by atoms with Gasteiger partial charge < -0.3 is 20.1 Å². The van der Waals surface area contributed by atoms with Crippen molar-refractivity contribution in [1.82, 2.24) is 15.5 Å². The lowest BCUT2D eigenvalue weighted by molar-refractivity contribution is 0.0320. The summed E-state index contributed by atoms with van der Waals surface area (Å²) in [5, 5.41) is 6.75. The van der Waals surface area contributed by atoms with E-state index >= 15 is 0 Å². The van der Waals surface area contributed by atoms with Crippen molar-refractivity contribution in [3.63, 3.8) is 0 Å². The van der Waals surface area contributed by atoms with Gasteiger partial charge in [0.2, 0.25) is 0 Å². The standard InChI is InChI=1S/C18H30N4O2.HI/c1-15(14-22-8-10-24-11-9-22)12-20-18(19-2)21-13-16-6-4-5-7-17(16)23-3;/h4-7,15H,8-14H2,1-3H3,(H2,19,20,21);1H. The van der Waals surface area contributed by atoms with Crippen LogP contribution in [0.3, 0.4) is 0 Å². The lowest BCUT2D eigenvalue weighted by Crippen LogP contribution is -2.43. The Bertz CT molecular complexity index is 522. The van der Waals surface area contributed by atoms with Crippen LogP contribution < -0.4 is 15.4 Å². The van der Waals surface area contributed by atoms with Gasteiger partial charge in [-0.15, -0.1) is 24.0 Å². The van der Waals surface area contributed by atoms with Crippen molar-refractivity contribution in [1.29, 1.82) is 0 Å². The van der Waals surface area contributed by atoms with E-state index in [0.29, 0.717) is 12.5 Å². The van der Waals surface area contributed by atoms with E-state index in [9.17, 15) is 0 Å². The normalized spacial score (nSPS) is 16.7. The van der Waals surface area contributed by atoms with Crippen molar-refractivity contribution in [2.75, 3.05) is 53.6 Å². The molecule has 1 saturated heterocycles. The van der Waals surface area contributed by atoms with Crippen molar-refractivity contribution in [3.05, 3.63) is 29.8 Å². The number of halogens is 1. The third-order valence-corrected chi connectivity index (χ3v) is 4.15. The Morgan fingerprint density at radius 3 is 2.68 bits per heavy atom. The predicted molar refractivity (Wildman–Crippen MR) is 113 cm³/mol. The van der Waals surface area contributed by atoms with E-state index in [4.69, 9.17) is 9.47 Å². The number of benzene rings is 1. The maximum atomic E-state index is 5.39. The van der Waals surface area contributed by atoms with Crippen LogP contribution in [0.15, 0.2) is 29.3 Å². The van der Waals surface area contributed by atoms with Crippen molar-refractivity contribution in [2.45, 2.75) is 13.5 Å². The molecule has 0 spiro atoms. The SMILES string of the molecule is CN=C(NCc1ccccc1OC)NCC(C)CN1CCOCC1.I. The highest BCUT2D eigenvalue weighted by molar-refractivity contribution is 14.0. The Morgan fingerprint density at radius 1 is 1.28 bits per heavy atom. The van der Waals surface area contributed by atoms with Gasteiger partial charge >= 0.3 is 0 Å². The zero-order chi connectivity index (χ0) is 17.2. The molecule has 1 fully saturated rings. The van der Waals surface area contributed by atoms with Gasteiger partial charge in [-0.05, 0) is 12.0 Å². The largest absolute Gasteiger partial charge is 0.496 e. The van der Waals surface area contributed by atoms with E-state index in [0.717, 1.165) is 56.7 Å². The number of hydrogen-bond donors (Lipinski definition) is 2. The van der Waals surface area contributed by atoms with Crippen LogP contribution in [0, 0.1) is 5.92 Å². The minimum absolute atomic E-state index is 0. The lowest BCUT2D eigenvalue weighted by atomic mass is 10.1. The van der Waals surface area contributed by atoms with Crippen LogP contribution in [-0.4, -0.2) is 64.4 Å². The van der Waals surface area contributed by atoms with Crippen LogP contribution in [0.5, 0.6) is 5.75 Å². The first-order valence-corrected chi connectivity index (χ1v) is 8.59. The fourth-order valence-electron chi connectivity index (χ4n) is 2.81. The molecule has 7 heteroatoms. The minimum atomic E-state index is 0. The molecule has 0 aliphatic carbocycles. The second-order valence-electron chi connectivity index (χ2n) is 6.14. The van der Waals surface area contributed by atoms with Crippen LogP contribution in [0.2, 0.25) is 0 Å². The van der Waals surface area contributed by atoms with Crippen LogP contribution >= 0.6 is 24.0 Å². The molecule has 1 unspecified atom stereocenters. The Morgan fingerprint density at radius 2 is 2.00 bits per heavy atom. The Labute approximate surface area is 168 Å². The summed E-state index contributed by atoms with van der Waals surface area (Å²) < 4.78 is 10.8. The molecule has 2 rings (SSSR count). The quantitative estimate of drug-likeness (QED) is 0.369. The van der Waals surface area contributed by atoms with E-state index in [2.05, 4.69) is 33.5 Å². The maximum Gasteiger partial charge on any atom is 0.191 e. The predicted octanol–water partition coefficient (Wildman–Crippen LogP) is 1.95. The van der Waals surface area contributed by atoms with Crippen LogP contribution in [0.25, 0.3) is 0 Å². The first-order chi connectivity index (χ1) is 11.7. The number of guanidine groups is 1. The van der Waals surface area contributed by atoms with Gasteiger partial charge in [0.05, 0.1) is 20.3 Å². The fraction of sp³-hybridized carbons (Fsp3) is 0.611. The van der Waals surface area contributed by atoms with Crippen LogP contribution in [0.1, 0.15) is 12.5 Å². The number of methoxy groups -OCH3 is 1. The van der Waals surface area contributed by atoms with Gasteiger partial charge in [-0.1, -0.05) is 25.1 Å². The van der Waals surface area contributed by atoms with Gasteiger partial charge in [0.1, 0.15) is 5.75 Å².